The van der Waals surface area contributed by atoms with E-state index in [1.807, 2.05) is 4.57 Å². The molecule has 24 heavy (non-hydrogen) atoms. The van der Waals surface area contributed by atoms with Crippen molar-refractivity contribution in [1.29, 1.82) is 0 Å². The van der Waals surface area contributed by atoms with Crippen LogP contribution in [0.5, 0.6) is 0 Å². The molecule has 2 aromatic heterocycles. The maximum absolute atomic E-state index is 12.3. The maximum Gasteiger partial charge on any atom is 0.341 e. The average molecular weight is 330 g/mol. The number of carboxylic acid groups (broad SMARTS) is 1. The largest absolute Gasteiger partial charge is 0.477 e. The molecule has 0 radical (unpaired) electrons. The van der Waals surface area contributed by atoms with Gasteiger partial charge < -0.3 is 19.1 Å². The van der Waals surface area contributed by atoms with Gasteiger partial charge in [0.25, 0.3) is 0 Å². The second-order valence-electron chi connectivity index (χ2n) is 6.30. The summed E-state index contributed by atoms with van der Waals surface area (Å²) in [6.45, 7) is 1.24. The smallest absolute Gasteiger partial charge is 0.341 e. The molecule has 126 valence electrons. The summed E-state index contributed by atoms with van der Waals surface area (Å²) in [6.07, 6.45) is 6.12. The van der Waals surface area contributed by atoms with Crippen LogP contribution in [0.4, 0.5) is 0 Å². The summed E-state index contributed by atoms with van der Waals surface area (Å²) >= 11 is 0. The molecule has 2 aliphatic rings. The van der Waals surface area contributed by atoms with E-state index >= 15 is 0 Å². The topological polar surface area (TPSA) is 90.7 Å². The normalized spacial score (nSPS) is 20.7. The van der Waals surface area contributed by atoms with Gasteiger partial charge >= 0.3 is 5.97 Å². The standard InChI is InChI=1S/C17H18N2O5/c20-14-12-2-1-7-18-15(12)19(10-13(14)16(21)22)11-3-5-17(6-4-11)23-8-9-24-17/h1-2,7,10-11H,3-6,8-9H2,(H,21,22). The molecule has 7 heteroatoms. The zero-order valence-electron chi connectivity index (χ0n) is 13.1. The summed E-state index contributed by atoms with van der Waals surface area (Å²) in [6, 6.07) is 3.34. The highest BCUT2D eigenvalue weighted by Gasteiger charge is 2.41. The molecule has 4 rings (SSSR count). The second-order valence-corrected chi connectivity index (χ2v) is 6.30. The van der Waals surface area contributed by atoms with Crippen LogP contribution in [0.25, 0.3) is 11.0 Å². The molecule has 1 saturated heterocycles. The molecule has 3 heterocycles. The fourth-order valence-electron chi connectivity index (χ4n) is 3.72. The van der Waals surface area contributed by atoms with Gasteiger partial charge in [-0.25, -0.2) is 9.78 Å². The summed E-state index contributed by atoms with van der Waals surface area (Å²) in [5.74, 6) is -1.69. The summed E-state index contributed by atoms with van der Waals surface area (Å²) in [5, 5.41) is 9.68. The van der Waals surface area contributed by atoms with Crippen molar-refractivity contribution in [2.45, 2.75) is 37.5 Å². The third-order valence-electron chi connectivity index (χ3n) is 4.94. The zero-order valence-corrected chi connectivity index (χ0v) is 13.1. The lowest BCUT2D eigenvalue weighted by atomic mass is 9.89. The van der Waals surface area contributed by atoms with Crippen molar-refractivity contribution in [1.82, 2.24) is 9.55 Å². The molecule has 0 aromatic carbocycles. The van der Waals surface area contributed by atoms with Gasteiger partial charge in [0.15, 0.2) is 5.79 Å². The van der Waals surface area contributed by atoms with E-state index in [9.17, 15) is 14.7 Å². The number of nitrogens with zero attached hydrogens (tertiary/aromatic N) is 2. The average Bonchev–Trinajstić information content (AvgIpc) is 3.04. The maximum atomic E-state index is 12.3. The van der Waals surface area contributed by atoms with E-state index in [0.29, 0.717) is 24.2 Å². The molecule has 2 fully saturated rings. The number of rotatable bonds is 2. The van der Waals surface area contributed by atoms with Crippen LogP contribution in [0.15, 0.2) is 29.3 Å². The molecule has 1 aliphatic heterocycles. The Morgan fingerprint density at radius 2 is 2.00 bits per heavy atom. The zero-order chi connectivity index (χ0) is 16.7. The van der Waals surface area contributed by atoms with Gasteiger partial charge in [-0.05, 0) is 25.0 Å². The first-order valence-corrected chi connectivity index (χ1v) is 8.11. The van der Waals surface area contributed by atoms with Crippen LogP contribution in [0.2, 0.25) is 0 Å². The molecular weight excluding hydrogens is 312 g/mol. The summed E-state index contributed by atoms with van der Waals surface area (Å²) in [4.78, 5) is 28.1. The lowest BCUT2D eigenvalue weighted by Gasteiger charge is -2.36. The molecule has 0 amide bonds. The van der Waals surface area contributed by atoms with Gasteiger partial charge in [0.05, 0.1) is 18.6 Å². The molecule has 2 aromatic rings. The number of carboxylic acids is 1. The highest BCUT2D eigenvalue weighted by molar-refractivity contribution is 5.91. The second kappa shape index (κ2) is 5.68. The molecular formula is C17H18N2O5. The van der Waals surface area contributed by atoms with E-state index in [-0.39, 0.29) is 11.6 Å². The Balaban J connectivity index is 1.75. The predicted molar refractivity (Wildman–Crippen MR) is 85.1 cm³/mol. The quantitative estimate of drug-likeness (QED) is 0.905. The van der Waals surface area contributed by atoms with Gasteiger partial charge in [0, 0.05) is 31.3 Å². The van der Waals surface area contributed by atoms with E-state index in [1.165, 1.54) is 6.20 Å². The molecule has 0 unspecified atom stereocenters. The third-order valence-corrected chi connectivity index (χ3v) is 4.94. The number of hydrogen-bond donors (Lipinski definition) is 1. The number of carbonyl (C=O) groups is 1. The van der Waals surface area contributed by atoms with Crippen molar-refractivity contribution < 1.29 is 19.4 Å². The Morgan fingerprint density at radius 1 is 1.29 bits per heavy atom. The molecule has 7 nitrogen and oxygen atoms in total. The van der Waals surface area contributed by atoms with Gasteiger partial charge in [0.2, 0.25) is 5.43 Å². The van der Waals surface area contributed by atoms with Crippen LogP contribution in [0, 0.1) is 0 Å². The van der Waals surface area contributed by atoms with Crippen molar-refractivity contribution in [3.63, 3.8) is 0 Å². The van der Waals surface area contributed by atoms with Crippen molar-refractivity contribution in [3.8, 4) is 0 Å². The third kappa shape index (κ3) is 2.40. The first-order valence-electron chi connectivity index (χ1n) is 8.11. The number of pyridine rings is 2. The minimum absolute atomic E-state index is 0.0690. The summed E-state index contributed by atoms with van der Waals surface area (Å²) < 4.78 is 13.3. The van der Waals surface area contributed by atoms with Crippen molar-refractivity contribution in [2.24, 2.45) is 0 Å². The Kier molecular flexibility index (Phi) is 3.62. The number of aromatic nitrogens is 2. The number of fused-ring (bicyclic) bond motifs is 1. The van der Waals surface area contributed by atoms with Crippen molar-refractivity contribution in [2.75, 3.05) is 13.2 Å². The summed E-state index contributed by atoms with van der Waals surface area (Å²) in [7, 11) is 0. The number of aromatic carboxylic acids is 1. The first-order chi connectivity index (χ1) is 11.6. The minimum atomic E-state index is -1.21. The van der Waals surface area contributed by atoms with Crippen LogP contribution >= 0.6 is 0 Å². The van der Waals surface area contributed by atoms with Crippen molar-refractivity contribution in [3.05, 3.63) is 40.3 Å². The van der Waals surface area contributed by atoms with E-state index in [2.05, 4.69) is 4.98 Å². The molecule has 1 aliphatic carbocycles. The van der Waals surface area contributed by atoms with Gasteiger partial charge in [-0.15, -0.1) is 0 Å². The van der Waals surface area contributed by atoms with E-state index in [4.69, 9.17) is 9.47 Å². The van der Waals surface area contributed by atoms with Gasteiger partial charge in [-0.3, -0.25) is 4.79 Å². The molecule has 1 spiro atoms. The van der Waals surface area contributed by atoms with Gasteiger partial charge in [0.1, 0.15) is 11.2 Å². The van der Waals surface area contributed by atoms with E-state index in [1.54, 1.807) is 18.3 Å². The van der Waals surface area contributed by atoms with Crippen LogP contribution in [-0.4, -0.2) is 39.6 Å². The van der Waals surface area contributed by atoms with Crippen LogP contribution in [-0.2, 0) is 9.47 Å². The molecule has 0 atom stereocenters. The Morgan fingerprint density at radius 3 is 2.67 bits per heavy atom. The SMILES string of the molecule is O=C(O)c1cn(C2CCC3(CC2)OCCO3)c2ncccc2c1=O. The number of ether oxygens (including phenoxy) is 2. The van der Waals surface area contributed by atoms with Crippen LogP contribution < -0.4 is 5.43 Å². The Labute approximate surface area is 137 Å². The number of hydrogen-bond acceptors (Lipinski definition) is 5. The van der Waals surface area contributed by atoms with Crippen LogP contribution in [0.3, 0.4) is 0 Å². The predicted octanol–water partition coefficient (Wildman–Crippen LogP) is 1.95. The first kappa shape index (κ1) is 15.3. The van der Waals surface area contributed by atoms with E-state index in [0.717, 1.165) is 25.7 Å². The Bertz CT molecular complexity index is 844. The minimum Gasteiger partial charge on any atom is -0.477 e. The van der Waals surface area contributed by atoms with Crippen LogP contribution in [0.1, 0.15) is 42.1 Å². The van der Waals surface area contributed by atoms with Gasteiger partial charge in [-0.1, -0.05) is 0 Å². The molecule has 0 bridgehead atoms. The Hall–Kier alpha value is -2.25. The highest BCUT2D eigenvalue weighted by Crippen LogP contribution is 2.40. The fraction of sp³-hybridized carbons (Fsp3) is 0.471. The fourth-order valence-corrected chi connectivity index (χ4v) is 3.72. The lowest BCUT2D eigenvalue weighted by Crippen LogP contribution is -2.36. The highest BCUT2D eigenvalue weighted by atomic mass is 16.7. The van der Waals surface area contributed by atoms with Gasteiger partial charge in [-0.2, -0.15) is 0 Å². The molecule has 1 N–H and O–H groups in total. The molecule has 1 saturated carbocycles. The van der Waals surface area contributed by atoms with E-state index < -0.39 is 17.2 Å². The lowest BCUT2D eigenvalue weighted by molar-refractivity contribution is -0.181. The van der Waals surface area contributed by atoms with Crippen molar-refractivity contribution >= 4 is 17.0 Å². The summed E-state index contributed by atoms with van der Waals surface area (Å²) in [5.41, 5.74) is -0.178. The monoisotopic (exact) mass is 330 g/mol.